The van der Waals surface area contributed by atoms with Crippen molar-refractivity contribution in [1.29, 1.82) is 0 Å². The number of rotatable bonds is 4. The molecule has 1 aliphatic rings. The minimum absolute atomic E-state index is 0.0232. The Kier molecular flexibility index (Phi) is 5.72. The molecule has 0 aliphatic carbocycles. The minimum atomic E-state index is -0.540. The second-order valence-electron chi connectivity index (χ2n) is 7.75. The molecule has 1 fully saturated rings. The number of H-pyrrole nitrogens is 1. The molecule has 1 N–H and O–H groups in total. The Morgan fingerprint density at radius 1 is 1.16 bits per heavy atom. The van der Waals surface area contributed by atoms with Gasteiger partial charge < -0.3 is 14.8 Å². The van der Waals surface area contributed by atoms with Crippen LogP contribution in [0.15, 0.2) is 47.3 Å². The number of aryl methyl sites for hydroxylation is 2. The third kappa shape index (κ3) is 4.15. The first-order valence-electron chi connectivity index (χ1n) is 10.3. The molecular weight excluding hydrogens is 395 g/mol. The fourth-order valence-electron chi connectivity index (χ4n) is 4.09. The molecule has 158 valence electrons. The maximum absolute atomic E-state index is 14.0. The monoisotopic (exact) mass is 418 g/mol. The zero-order valence-corrected chi connectivity index (χ0v) is 17.3. The number of hydrogen-bond acceptors (Lipinski definition) is 3. The van der Waals surface area contributed by atoms with E-state index in [0.29, 0.717) is 49.4 Å². The molecular formula is C24H23FN4O2. The van der Waals surface area contributed by atoms with E-state index in [4.69, 9.17) is 6.57 Å². The highest BCUT2D eigenvalue weighted by atomic mass is 19.1. The lowest BCUT2D eigenvalue weighted by Gasteiger charge is -2.36. The molecule has 1 saturated heterocycles. The Bertz CT molecular complexity index is 1240. The van der Waals surface area contributed by atoms with Crippen LogP contribution in [0.5, 0.6) is 0 Å². The standard InChI is InChI=1S/C24H23FN4O2/c1-16-7-9-19(25)23-18(16)15-17(27-24(23)31)8-10-22(30)29-13-11-28(12-14-29)21-6-4-3-5-20(21)26-2/h3-7,9,15H,8,10-14H2,1H3,(H,27,31). The van der Waals surface area contributed by atoms with Crippen molar-refractivity contribution in [2.24, 2.45) is 0 Å². The number of anilines is 1. The van der Waals surface area contributed by atoms with Crippen molar-refractivity contribution >= 4 is 28.1 Å². The molecule has 1 amide bonds. The van der Waals surface area contributed by atoms with Crippen LogP contribution in [-0.4, -0.2) is 42.0 Å². The van der Waals surface area contributed by atoms with E-state index in [1.807, 2.05) is 30.0 Å². The minimum Gasteiger partial charge on any atom is -0.377 e. The number of piperazine rings is 1. The number of benzene rings is 2. The number of para-hydroxylation sites is 2. The second-order valence-corrected chi connectivity index (χ2v) is 7.75. The van der Waals surface area contributed by atoms with Crippen molar-refractivity contribution in [3.63, 3.8) is 0 Å². The van der Waals surface area contributed by atoms with Crippen LogP contribution in [0.3, 0.4) is 0 Å². The second kappa shape index (κ2) is 8.60. The molecule has 2 heterocycles. The predicted octanol–water partition coefficient (Wildman–Crippen LogP) is 3.81. The van der Waals surface area contributed by atoms with Crippen LogP contribution in [0, 0.1) is 19.3 Å². The van der Waals surface area contributed by atoms with E-state index < -0.39 is 11.4 Å². The summed E-state index contributed by atoms with van der Waals surface area (Å²) in [4.78, 5) is 35.3. The van der Waals surface area contributed by atoms with Gasteiger partial charge in [-0.05, 0) is 42.5 Å². The first-order valence-corrected chi connectivity index (χ1v) is 10.3. The van der Waals surface area contributed by atoms with Crippen molar-refractivity contribution in [1.82, 2.24) is 9.88 Å². The molecule has 3 aromatic rings. The lowest BCUT2D eigenvalue weighted by molar-refractivity contribution is -0.131. The van der Waals surface area contributed by atoms with Crippen LogP contribution < -0.4 is 10.5 Å². The number of fused-ring (bicyclic) bond motifs is 1. The molecule has 0 radical (unpaired) electrons. The maximum atomic E-state index is 14.0. The van der Waals surface area contributed by atoms with Crippen molar-refractivity contribution in [3.05, 3.63) is 81.3 Å². The van der Waals surface area contributed by atoms with Gasteiger partial charge in [-0.3, -0.25) is 9.59 Å². The fourth-order valence-corrected chi connectivity index (χ4v) is 4.09. The van der Waals surface area contributed by atoms with Gasteiger partial charge in [0.25, 0.3) is 5.56 Å². The summed E-state index contributed by atoms with van der Waals surface area (Å²) < 4.78 is 14.0. The summed E-state index contributed by atoms with van der Waals surface area (Å²) in [6, 6.07) is 12.2. The predicted molar refractivity (Wildman–Crippen MR) is 119 cm³/mol. The summed E-state index contributed by atoms with van der Waals surface area (Å²) >= 11 is 0. The smallest absolute Gasteiger partial charge is 0.259 e. The highest BCUT2D eigenvalue weighted by Crippen LogP contribution is 2.29. The molecule has 2 aromatic carbocycles. The SMILES string of the molecule is [C-]#[N+]c1ccccc1N1CCN(C(=O)CCc2cc3c(C)ccc(F)c3c(=O)[nH]2)CC1. The summed E-state index contributed by atoms with van der Waals surface area (Å²) in [5.41, 5.74) is 2.51. The zero-order chi connectivity index (χ0) is 22.0. The van der Waals surface area contributed by atoms with Crippen LogP contribution in [0.25, 0.3) is 15.6 Å². The quantitative estimate of drug-likeness (QED) is 0.656. The van der Waals surface area contributed by atoms with Crippen LogP contribution in [0.1, 0.15) is 17.7 Å². The van der Waals surface area contributed by atoms with Crippen molar-refractivity contribution in [2.75, 3.05) is 31.1 Å². The number of nitrogens with one attached hydrogen (secondary N) is 1. The van der Waals surface area contributed by atoms with Crippen LogP contribution in [0.2, 0.25) is 0 Å². The Balaban J connectivity index is 1.40. The highest BCUT2D eigenvalue weighted by Gasteiger charge is 2.22. The molecule has 0 saturated carbocycles. The van der Waals surface area contributed by atoms with Gasteiger partial charge in [0.2, 0.25) is 11.6 Å². The van der Waals surface area contributed by atoms with Crippen molar-refractivity contribution in [2.45, 2.75) is 19.8 Å². The third-order valence-corrected chi connectivity index (χ3v) is 5.82. The lowest BCUT2D eigenvalue weighted by Crippen LogP contribution is -2.48. The number of nitrogens with zero attached hydrogens (tertiary/aromatic N) is 3. The number of aromatic amines is 1. The van der Waals surface area contributed by atoms with E-state index in [1.54, 1.807) is 18.2 Å². The molecule has 0 bridgehead atoms. The van der Waals surface area contributed by atoms with Gasteiger partial charge in [-0.15, -0.1) is 0 Å². The summed E-state index contributed by atoms with van der Waals surface area (Å²) in [5.74, 6) is -0.517. The van der Waals surface area contributed by atoms with E-state index in [-0.39, 0.29) is 17.7 Å². The van der Waals surface area contributed by atoms with Gasteiger partial charge in [0, 0.05) is 44.0 Å². The molecule has 4 rings (SSSR count). The number of pyridine rings is 1. The van der Waals surface area contributed by atoms with Gasteiger partial charge in [0.1, 0.15) is 5.82 Å². The first-order chi connectivity index (χ1) is 15.0. The van der Waals surface area contributed by atoms with Crippen LogP contribution >= 0.6 is 0 Å². The zero-order valence-electron chi connectivity index (χ0n) is 17.3. The molecule has 0 spiro atoms. The molecule has 1 aromatic heterocycles. The molecule has 7 heteroatoms. The van der Waals surface area contributed by atoms with Gasteiger partial charge in [0.15, 0.2) is 0 Å². The number of carbonyl (C=O) groups excluding carboxylic acids is 1. The Morgan fingerprint density at radius 2 is 1.90 bits per heavy atom. The van der Waals surface area contributed by atoms with E-state index in [9.17, 15) is 14.0 Å². The Hall–Kier alpha value is -3.66. The van der Waals surface area contributed by atoms with Crippen molar-refractivity contribution in [3.8, 4) is 0 Å². The van der Waals surface area contributed by atoms with Gasteiger partial charge in [-0.25, -0.2) is 9.24 Å². The lowest BCUT2D eigenvalue weighted by atomic mass is 10.0. The van der Waals surface area contributed by atoms with E-state index >= 15 is 0 Å². The summed E-state index contributed by atoms with van der Waals surface area (Å²) in [5, 5.41) is 0.643. The Labute approximate surface area is 179 Å². The van der Waals surface area contributed by atoms with E-state index in [0.717, 1.165) is 11.3 Å². The number of aromatic nitrogens is 1. The molecule has 0 atom stereocenters. The van der Waals surface area contributed by atoms with Crippen molar-refractivity contribution < 1.29 is 9.18 Å². The van der Waals surface area contributed by atoms with E-state index in [1.165, 1.54) is 6.07 Å². The van der Waals surface area contributed by atoms with Crippen LogP contribution in [0.4, 0.5) is 15.8 Å². The highest BCUT2D eigenvalue weighted by molar-refractivity contribution is 5.85. The van der Waals surface area contributed by atoms with Crippen LogP contribution in [-0.2, 0) is 11.2 Å². The third-order valence-electron chi connectivity index (χ3n) is 5.82. The summed E-state index contributed by atoms with van der Waals surface area (Å²) in [6.45, 7) is 11.7. The fraction of sp³-hybridized carbons (Fsp3) is 0.292. The largest absolute Gasteiger partial charge is 0.377 e. The van der Waals surface area contributed by atoms with E-state index in [2.05, 4.69) is 14.7 Å². The summed E-state index contributed by atoms with van der Waals surface area (Å²) in [6.07, 6.45) is 0.662. The van der Waals surface area contributed by atoms with Gasteiger partial charge in [-0.2, -0.15) is 0 Å². The topological polar surface area (TPSA) is 60.8 Å². The molecule has 1 aliphatic heterocycles. The first kappa shape index (κ1) is 20.6. The number of amides is 1. The average Bonchev–Trinajstić information content (AvgIpc) is 2.79. The summed E-state index contributed by atoms with van der Waals surface area (Å²) in [7, 11) is 0. The number of hydrogen-bond donors (Lipinski definition) is 1. The number of carbonyl (C=O) groups is 1. The molecule has 6 nitrogen and oxygen atoms in total. The average molecular weight is 418 g/mol. The van der Waals surface area contributed by atoms with Gasteiger partial charge >= 0.3 is 0 Å². The normalized spacial score (nSPS) is 14.0. The number of halogens is 1. The van der Waals surface area contributed by atoms with Gasteiger partial charge in [0.05, 0.1) is 12.0 Å². The van der Waals surface area contributed by atoms with Gasteiger partial charge in [-0.1, -0.05) is 24.3 Å². The molecule has 31 heavy (non-hydrogen) atoms. The Morgan fingerprint density at radius 3 is 2.65 bits per heavy atom. The maximum Gasteiger partial charge on any atom is 0.259 e. The molecule has 0 unspecified atom stereocenters.